The Morgan fingerprint density at radius 1 is 0.843 bits per heavy atom. The number of hydrogen-bond acceptors (Lipinski definition) is 13. The smallest absolute Gasteiger partial charge is 0.246 e. The van der Waals surface area contributed by atoms with E-state index in [2.05, 4.69) is 53.5 Å². The number of carbonyl (C=O) groups excluding carboxylic acids is 4. The molecule has 0 radical (unpaired) electrons. The third-order valence-corrected chi connectivity index (χ3v) is 15.2. The fourth-order valence-corrected chi connectivity index (χ4v) is 10.8. The summed E-state index contributed by atoms with van der Waals surface area (Å²) < 4.78 is 26.1. The molecule has 4 heterocycles. The molecule has 2 aliphatic rings. The summed E-state index contributed by atoms with van der Waals surface area (Å²) >= 11 is 6.79. The summed E-state index contributed by atoms with van der Waals surface area (Å²) in [6, 6.07) is 27.9. The maximum atomic E-state index is 14.0. The SMILES string of the molecule is COc1ccc2c(Oc3ccc(OCCN4CCN(CCOCC(=O)N[C@H](C(=O)N5CC(=O)C[C@H]5C(=O)NCc5ccc(-c6scnc6C)cc5)C(C)(C)C)CC4)cc3)c(-c3ccc(Br)cc3)sc2c1. The number of likely N-dealkylation sites (tertiary alicyclic amines) is 1. The third kappa shape index (κ3) is 12.8. The number of methoxy groups -OCH3 is 1. The molecule has 0 aliphatic carbocycles. The monoisotopic (exact) mass is 1050 g/mol. The Morgan fingerprint density at radius 3 is 2.14 bits per heavy atom. The van der Waals surface area contributed by atoms with E-state index in [-0.39, 0.29) is 31.9 Å². The molecule has 2 atom stereocenters. The summed E-state index contributed by atoms with van der Waals surface area (Å²) in [5.41, 5.74) is 5.08. The lowest BCUT2D eigenvalue weighted by molar-refractivity contribution is -0.144. The van der Waals surface area contributed by atoms with E-state index in [0.29, 0.717) is 19.8 Å². The van der Waals surface area contributed by atoms with Gasteiger partial charge in [-0.3, -0.25) is 29.0 Å². The number of ether oxygens (including phenoxy) is 4. The lowest BCUT2D eigenvalue weighted by Crippen LogP contribution is -2.58. The first-order valence-corrected chi connectivity index (χ1v) is 25.9. The van der Waals surface area contributed by atoms with Crippen molar-refractivity contribution in [3.05, 3.63) is 112 Å². The van der Waals surface area contributed by atoms with Gasteiger partial charge in [-0.1, -0.05) is 73.1 Å². The minimum atomic E-state index is -0.974. The van der Waals surface area contributed by atoms with Crippen LogP contribution in [0, 0.1) is 12.3 Å². The average Bonchev–Trinajstić information content (AvgIpc) is 4.08. The van der Waals surface area contributed by atoms with Crippen LogP contribution in [0.2, 0.25) is 0 Å². The lowest BCUT2D eigenvalue weighted by Gasteiger charge is -2.35. The van der Waals surface area contributed by atoms with Gasteiger partial charge >= 0.3 is 0 Å². The molecule has 0 saturated carbocycles. The number of rotatable bonds is 19. The van der Waals surface area contributed by atoms with E-state index in [0.717, 1.165) is 102 Å². The van der Waals surface area contributed by atoms with E-state index in [1.165, 1.54) is 4.90 Å². The van der Waals surface area contributed by atoms with E-state index in [4.69, 9.17) is 18.9 Å². The van der Waals surface area contributed by atoms with E-state index >= 15 is 0 Å². The van der Waals surface area contributed by atoms with Gasteiger partial charge in [0.15, 0.2) is 11.5 Å². The Bertz CT molecular complexity index is 2770. The number of halogens is 1. The van der Waals surface area contributed by atoms with Crippen LogP contribution < -0.4 is 24.8 Å². The molecule has 0 spiro atoms. The molecule has 4 aromatic carbocycles. The highest BCUT2D eigenvalue weighted by Gasteiger charge is 2.44. The minimum Gasteiger partial charge on any atom is -0.497 e. The number of amides is 3. The van der Waals surface area contributed by atoms with Crippen LogP contribution in [-0.4, -0.2) is 128 Å². The van der Waals surface area contributed by atoms with Crippen LogP contribution >= 0.6 is 38.6 Å². The molecule has 2 aromatic heterocycles. The number of piperazine rings is 1. The number of fused-ring (bicyclic) bond motifs is 1. The molecule has 0 unspecified atom stereocenters. The van der Waals surface area contributed by atoms with E-state index < -0.39 is 35.2 Å². The molecule has 2 N–H and O–H groups in total. The van der Waals surface area contributed by atoms with Crippen LogP contribution in [-0.2, 0) is 30.5 Å². The second kappa shape index (κ2) is 23.0. The summed E-state index contributed by atoms with van der Waals surface area (Å²) in [4.78, 5) is 65.7. The van der Waals surface area contributed by atoms with Crippen molar-refractivity contribution in [2.24, 2.45) is 5.41 Å². The molecule has 2 fully saturated rings. The molecular formula is C53H59BrN6O8S2. The molecule has 14 nitrogen and oxygen atoms in total. The van der Waals surface area contributed by atoms with Gasteiger partial charge < -0.3 is 34.5 Å². The van der Waals surface area contributed by atoms with Gasteiger partial charge in [0.25, 0.3) is 0 Å². The Labute approximate surface area is 425 Å². The summed E-state index contributed by atoms with van der Waals surface area (Å²) in [5.74, 6) is 1.57. The van der Waals surface area contributed by atoms with E-state index in [1.54, 1.807) is 29.8 Å². The molecule has 6 aromatic rings. The lowest BCUT2D eigenvalue weighted by atomic mass is 9.85. The predicted molar refractivity (Wildman–Crippen MR) is 278 cm³/mol. The Balaban J connectivity index is 0.737. The zero-order valence-electron chi connectivity index (χ0n) is 40.1. The van der Waals surface area contributed by atoms with Crippen molar-refractivity contribution in [1.82, 2.24) is 30.3 Å². The number of nitrogens with zero attached hydrogens (tertiary/aromatic N) is 4. The first-order chi connectivity index (χ1) is 33.7. The molecule has 0 bridgehead atoms. The Hall–Kier alpha value is -5.69. The number of hydrogen-bond donors (Lipinski definition) is 2. The summed E-state index contributed by atoms with van der Waals surface area (Å²) in [6.45, 7) is 13.2. The highest BCUT2D eigenvalue weighted by atomic mass is 79.9. The van der Waals surface area contributed by atoms with Gasteiger partial charge in [0, 0.05) is 66.8 Å². The zero-order valence-corrected chi connectivity index (χ0v) is 43.3. The van der Waals surface area contributed by atoms with E-state index in [1.807, 2.05) is 112 Å². The van der Waals surface area contributed by atoms with Gasteiger partial charge in [-0.25, -0.2) is 4.98 Å². The Kier molecular flexibility index (Phi) is 16.7. The highest BCUT2D eigenvalue weighted by molar-refractivity contribution is 9.10. The number of ketones is 1. The predicted octanol–water partition coefficient (Wildman–Crippen LogP) is 8.59. The van der Waals surface area contributed by atoms with Gasteiger partial charge in [0.05, 0.1) is 41.2 Å². The van der Waals surface area contributed by atoms with Crippen LogP contribution in [0.15, 0.2) is 101 Å². The molecule has 3 amide bonds. The number of carbonyl (C=O) groups is 4. The van der Waals surface area contributed by atoms with Crippen molar-refractivity contribution in [1.29, 1.82) is 0 Å². The summed E-state index contributed by atoms with van der Waals surface area (Å²) in [5, 5.41) is 6.78. The number of aromatic nitrogens is 1. The Morgan fingerprint density at radius 2 is 1.49 bits per heavy atom. The van der Waals surface area contributed by atoms with Crippen LogP contribution in [0.25, 0.3) is 31.0 Å². The van der Waals surface area contributed by atoms with Crippen LogP contribution in [0.3, 0.4) is 0 Å². The highest BCUT2D eigenvalue weighted by Crippen LogP contribution is 2.47. The van der Waals surface area contributed by atoms with Crippen molar-refractivity contribution in [2.45, 2.75) is 52.7 Å². The van der Waals surface area contributed by atoms with E-state index in [9.17, 15) is 19.2 Å². The minimum absolute atomic E-state index is 0.0791. The number of thiazole rings is 1. The number of thiophene rings is 1. The standard InChI is InChI=1S/C53H59BrN6O8S2/c1-34-48(69-33-56-34)36-8-6-35(7-9-36)30-55-51(63)44-28-39(61)31-60(44)52(64)50(53(2,3)4)57-46(62)32-66-26-24-58-20-22-59(23-21-58)25-27-67-40-14-16-41(17-15-40)68-47-43-19-18-42(65-5)29-45(43)70-49(47)37-10-12-38(54)13-11-37/h6-19,29,33,44,50H,20-28,30-32H2,1-5H3,(H,55,63)(H,57,62)/t44-,50+/m0/s1. The van der Waals surface area contributed by atoms with Crippen molar-refractivity contribution in [3.63, 3.8) is 0 Å². The fourth-order valence-electron chi connectivity index (χ4n) is 8.52. The van der Waals surface area contributed by atoms with Crippen molar-refractivity contribution in [3.8, 4) is 43.9 Å². The van der Waals surface area contributed by atoms with Crippen LogP contribution in [0.4, 0.5) is 0 Å². The van der Waals surface area contributed by atoms with Crippen molar-refractivity contribution >= 4 is 72.2 Å². The molecule has 2 saturated heterocycles. The van der Waals surface area contributed by atoms with Crippen molar-refractivity contribution in [2.75, 3.05) is 72.7 Å². The quantitative estimate of drug-likeness (QED) is 0.0751. The van der Waals surface area contributed by atoms with Gasteiger partial charge in [0.2, 0.25) is 17.7 Å². The number of benzene rings is 4. The third-order valence-electron chi connectivity index (χ3n) is 12.5. The fraction of sp³-hybridized carbons (Fsp3) is 0.377. The second-order valence-electron chi connectivity index (χ2n) is 18.6. The van der Waals surface area contributed by atoms with Gasteiger partial charge in [-0.15, -0.1) is 22.7 Å². The first-order valence-electron chi connectivity index (χ1n) is 23.4. The number of aryl methyl sites for hydroxylation is 1. The van der Waals surface area contributed by atoms with Gasteiger partial charge in [0.1, 0.15) is 42.5 Å². The molecule has 70 heavy (non-hydrogen) atoms. The topological polar surface area (TPSA) is 152 Å². The number of nitrogens with one attached hydrogen (secondary N) is 2. The summed E-state index contributed by atoms with van der Waals surface area (Å²) in [6.07, 6.45) is -0.0791. The van der Waals surface area contributed by atoms with Gasteiger partial charge in [-0.2, -0.15) is 0 Å². The number of Topliss-reactive ketones (excluding diaryl/α,β-unsaturated/α-hetero) is 1. The second-order valence-corrected chi connectivity index (χ2v) is 21.4. The average molecular weight is 1050 g/mol. The molecule has 368 valence electrons. The van der Waals surface area contributed by atoms with Gasteiger partial charge in [-0.05, 0) is 83.6 Å². The van der Waals surface area contributed by atoms with Crippen molar-refractivity contribution < 1.29 is 38.1 Å². The molecule has 2 aliphatic heterocycles. The van der Waals surface area contributed by atoms with Crippen LogP contribution in [0.5, 0.6) is 23.0 Å². The molecule has 17 heteroatoms. The largest absolute Gasteiger partial charge is 0.497 e. The molecule has 8 rings (SSSR count). The first kappa shape index (κ1) is 50.7. The van der Waals surface area contributed by atoms with Crippen LogP contribution in [0.1, 0.15) is 38.4 Å². The summed E-state index contributed by atoms with van der Waals surface area (Å²) in [7, 11) is 1.67. The zero-order chi connectivity index (χ0) is 49.4. The maximum absolute atomic E-state index is 14.0. The molecular weight excluding hydrogens is 993 g/mol. The normalized spacial score (nSPS) is 16.1. The maximum Gasteiger partial charge on any atom is 0.246 e.